The van der Waals surface area contributed by atoms with Crippen LogP contribution in [-0.4, -0.2) is 4.92 Å². The number of rotatable bonds is 2. The van der Waals surface area contributed by atoms with Crippen LogP contribution in [0, 0.1) is 24.0 Å². The normalized spacial score (nSPS) is 10.3. The summed E-state index contributed by atoms with van der Waals surface area (Å²) in [6.07, 6.45) is 0. The number of nitro groups is 1. The molecule has 18 heavy (non-hydrogen) atoms. The molecule has 0 saturated carbocycles. The summed E-state index contributed by atoms with van der Waals surface area (Å²) < 4.78 is 5.40. The van der Waals surface area contributed by atoms with Gasteiger partial charge in [0.1, 0.15) is 11.5 Å². The fourth-order valence-corrected chi connectivity index (χ4v) is 1.71. The highest BCUT2D eigenvalue weighted by atomic mass is 16.6. The summed E-state index contributed by atoms with van der Waals surface area (Å²) in [5.74, 6) is 0.809. The van der Waals surface area contributed by atoms with E-state index in [0.29, 0.717) is 22.6 Å². The fourth-order valence-electron chi connectivity index (χ4n) is 1.71. The minimum Gasteiger partial charge on any atom is -0.461 e. The first-order valence-electron chi connectivity index (χ1n) is 5.34. The Morgan fingerprint density at radius 2 is 1.89 bits per heavy atom. The van der Waals surface area contributed by atoms with E-state index in [1.807, 2.05) is 0 Å². The van der Waals surface area contributed by atoms with Gasteiger partial charge in [0.05, 0.1) is 4.92 Å². The largest absolute Gasteiger partial charge is 0.461 e. The zero-order valence-corrected chi connectivity index (χ0v) is 9.97. The quantitative estimate of drug-likeness (QED) is 0.602. The summed E-state index contributed by atoms with van der Waals surface area (Å²) in [6, 6.07) is 7.43. The van der Waals surface area contributed by atoms with Crippen LogP contribution in [0.1, 0.15) is 11.3 Å². The second-order valence-electron chi connectivity index (χ2n) is 4.03. The average Bonchev–Trinajstić information content (AvgIpc) is 2.27. The molecule has 5 nitrogen and oxygen atoms in total. The Hall–Kier alpha value is -2.43. The Morgan fingerprint density at radius 3 is 2.50 bits per heavy atom. The molecule has 0 aliphatic carbocycles. The van der Waals surface area contributed by atoms with E-state index in [-0.39, 0.29) is 11.1 Å². The van der Waals surface area contributed by atoms with E-state index in [1.165, 1.54) is 18.2 Å². The van der Waals surface area contributed by atoms with Gasteiger partial charge in [0.25, 0.3) is 5.69 Å². The molecule has 2 aromatic rings. The standard InChI is InChI=1S/C13H11NO4/c1-8-3-4-10(6-12(8)14(16)17)13-7-11(15)5-9(2)18-13/h3-7H,1-2H3. The lowest BCUT2D eigenvalue weighted by Crippen LogP contribution is -1.99. The minimum absolute atomic E-state index is 0.0108. The summed E-state index contributed by atoms with van der Waals surface area (Å²) in [7, 11) is 0. The third kappa shape index (κ3) is 2.29. The number of hydrogen-bond acceptors (Lipinski definition) is 4. The molecular weight excluding hydrogens is 234 g/mol. The van der Waals surface area contributed by atoms with Crippen molar-refractivity contribution in [3.05, 3.63) is 62.0 Å². The first kappa shape index (κ1) is 12.0. The van der Waals surface area contributed by atoms with Gasteiger partial charge in [0.15, 0.2) is 5.43 Å². The highest BCUT2D eigenvalue weighted by Gasteiger charge is 2.13. The average molecular weight is 245 g/mol. The number of nitrogens with zero attached hydrogens (tertiary/aromatic N) is 1. The van der Waals surface area contributed by atoms with Gasteiger partial charge in [-0.2, -0.15) is 0 Å². The van der Waals surface area contributed by atoms with Crippen LogP contribution in [-0.2, 0) is 0 Å². The zero-order chi connectivity index (χ0) is 13.3. The predicted octanol–water partition coefficient (Wildman–Crippen LogP) is 2.83. The first-order chi connectivity index (χ1) is 8.47. The molecule has 0 bridgehead atoms. The summed E-state index contributed by atoms with van der Waals surface area (Å²) >= 11 is 0. The molecule has 0 aliphatic rings. The first-order valence-corrected chi connectivity index (χ1v) is 5.34. The van der Waals surface area contributed by atoms with Crippen molar-refractivity contribution < 1.29 is 9.34 Å². The van der Waals surface area contributed by atoms with Crippen LogP contribution in [0.15, 0.2) is 39.5 Å². The lowest BCUT2D eigenvalue weighted by Gasteiger charge is -2.03. The van der Waals surface area contributed by atoms with Crippen molar-refractivity contribution in [1.29, 1.82) is 0 Å². The Bertz CT molecular complexity index is 673. The molecule has 0 saturated heterocycles. The van der Waals surface area contributed by atoms with Crippen molar-refractivity contribution in [3.8, 4) is 11.3 Å². The third-order valence-corrected chi connectivity index (χ3v) is 2.58. The smallest absolute Gasteiger partial charge is 0.273 e. The van der Waals surface area contributed by atoms with Crippen molar-refractivity contribution in [3.63, 3.8) is 0 Å². The Morgan fingerprint density at radius 1 is 1.17 bits per heavy atom. The molecule has 0 aliphatic heterocycles. The second kappa shape index (κ2) is 4.44. The summed E-state index contributed by atoms with van der Waals surface area (Å²) in [5, 5.41) is 10.9. The number of benzene rings is 1. The SMILES string of the molecule is Cc1cc(=O)cc(-c2ccc(C)c([N+](=O)[O-])c2)o1. The van der Waals surface area contributed by atoms with Gasteiger partial charge in [-0.25, -0.2) is 0 Å². The fraction of sp³-hybridized carbons (Fsp3) is 0.154. The molecule has 2 rings (SSSR count). The maximum Gasteiger partial charge on any atom is 0.273 e. The molecule has 1 aromatic carbocycles. The summed E-state index contributed by atoms with van der Waals surface area (Å²) in [4.78, 5) is 21.8. The van der Waals surface area contributed by atoms with Gasteiger partial charge in [0.2, 0.25) is 0 Å². The van der Waals surface area contributed by atoms with Gasteiger partial charge in [-0.3, -0.25) is 14.9 Å². The van der Waals surface area contributed by atoms with Crippen molar-refractivity contribution in [2.45, 2.75) is 13.8 Å². The van der Waals surface area contributed by atoms with Crippen LogP contribution < -0.4 is 5.43 Å². The van der Waals surface area contributed by atoms with Crippen LogP contribution in [0.3, 0.4) is 0 Å². The minimum atomic E-state index is -0.452. The molecular formula is C13H11NO4. The molecule has 0 fully saturated rings. The molecule has 0 amide bonds. The Kier molecular flexibility index (Phi) is 2.97. The molecule has 1 heterocycles. The maximum atomic E-state index is 11.4. The van der Waals surface area contributed by atoms with Crippen LogP contribution in [0.5, 0.6) is 0 Å². The molecule has 92 valence electrons. The topological polar surface area (TPSA) is 73.3 Å². The number of aryl methyl sites for hydroxylation is 2. The van der Waals surface area contributed by atoms with E-state index in [1.54, 1.807) is 26.0 Å². The molecule has 0 atom stereocenters. The van der Waals surface area contributed by atoms with Gasteiger partial charge in [0, 0.05) is 29.3 Å². The molecule has 0 radical (unpaired) electrons. The lowest BCUT2D eigenvalue weighted by molar-refractivity contribution is -0.385. The van der Waals surface area contributed by atoms with Gasteiger partial charge in [-0.05, 0) is 13.8 Å². The lowest BCUT2D eigenvalue weighted by atomic mass is 10.1. The van der Waals surface area contributed by atoms with Gasteiger partial charge in [-0.15, -0.1) is 0 Å². The molecule has 5 heteroatoms. The Balaban J connectivity index is 2.61. The predicted molar refractivity (Wildman–Crippen MR) is 66.5 cm³/mol. The van der Waals surface area contributed by atoms with Crippen molar-refractivity contribution in [2.75, 3.05) is 0 Å². The van der Waals surface area contributed by atoms with Gasteiger partial charge in [-0.1, -0.05) is 12.1 Å². The third-order valence-electron chi connectivity index (χ3n) is 2.58. The molecule has 0 unspecified atom stereocenters. The van der Waals surface area contributed by atoms with Crippen molar-refractivity contribution in [2.24, 2.45) is 0 Å². The molecule has 0 N–H and O–H groups in total. The highest BCUT2D eigenvalue weighted by molar-refractivity contribution is 5.62. The Labute approximate surface area is 103 Å². The van der Waals surface area contributed by atoms with Gasteiger partial charge < -0.3 is 4.42 Å². The van der Waals surface area contributed by atoms with Gasteiger partial charge >= 0.3 is 0 Å². The molecule has 1 aromatic heterocycles. The van der Waals surface area contributed by atoms with E-state index in [0.717, 1.165) is 0 Å². The van der Waals surface area contributed by atoms with Crippen molar-refractivity contribution in [1.82, 2.24) is 0 Å². The second-order valence-corrected chi connectivity index (χ2v) is 4.03. The van der Waals surface area contributed by atoms with E-state index in [9.17, 15) is 14.9 Å². The maximum absolute atomic E-state index is 11.4. The van der Waals surface area contributed by atoms with Crippen LogP contribution >= 0.6 is 0 Å². The van der Waals surface area contributed by atoms with Crippen LogP contribution in [0.25, 0.3) is 11.3 Å². The van der Waals surface area contributed by atoms with Crippen LogP contribution in [0.2, 0.25) is 0 Å². The van der Waals surface area contributed by atoms with E-state index < -0.39 is 4.92 Å². The van der Waals surface area contributed by atoms with E-state index >= 15 is 0 Å². The van der Waals surface area contributed by atoms with E-state index in [4.69, 9.17) is 4.42 Å². The highest BCUT2D eigenvalue weighted by Crippen LogP contribution is 2.26. The molecule has 0 spiro atoms. The van der Waals surface area contributed by atoms with E-state index in [2.05, 4.69) is 0 Å². The van der Waals surface area contributed by atoms with Crippen LogP contribution in [0.4, 0.5) is 5.69 Å². The zero-order valence-electron chi connectivity index (χ0n) is 9.97. The summed E-state index contributed by atoms with van der Waals surface area (Å²) in [6.45, 7) is 3.32. The number of hydrogen-bond donors (Lipinski definition) is 0. The number of nitro benzene ring substituents is 1. The van der Waals surface area contributed by atoms with Crippen molar-refractivity contribution >= 4 is 5.69 Å². The monoisotopic (exact) mass is 245 g/mol. The summed E-state index contributed by atoms with van der Waals surface area (Å²) in [5.41, 5.74) is 0.917.